The van der Waals surface area contributed by atoms with E-state index in [1.807, 2.05) is 25.1 Å². The third-order valence-electron chi connectivity index (χ3n) is 3.02. The van der Waals surface area contributed by atoms with Gasteiger partial charge in [-0.15, -0.1) is 11.3 Å². The number of aromatic nitrogens is 1. The van der Waals surface area contributed by atoms with Gasteiger partial charge in [0.05, 0.1) is 20.1 Å². The molecule has 3 rings (SSSR count). The van der Waals surface area contributed by atoms with Crippen LogP contribution in [0.4, 0.5) is 5.69 Å². The van der Waals surface area contributed by atoms with Crippen molar-refractivity contribution in [2.75, 3.05) is 0 Å². The number of fused-ring (bicyclic) bond motifs is 1. The molecule has 0 atom stereocenters. The molecule has 0 aliphatic rings. The molecule has 106 valence electrons. The molecule has 1 aromatic heterocycles. The van der Waals surface area contributed by atoms with Gasteiger partial charge in [0.1, 0.15) is 12.4 Å². The van der Waals surface area contributed by atoms with Gasteiger partial charge < -0.3 is 4.74 Å². The Hall–Kier alpha value is -2.47. The molecule has 0 spiro atoms. The number of ether oxygens (including phenoxy) is 1. The van der Waals surface area contributed by atoms with Gasteiger partial charge in [-0.25, -0.2) is 4.98 Å². The van der Waals surface area contributed by atoms with Gasteiger partial charge in [-0.1, -0.05) is 0 Å². The lowest BCUT2D eigenvalue weighted by Crippen LogP contribution is -1.95. The van der Waals surface area contributed by atoms with Crippen LogP contribution in [0.15, 0.2) is 42.5 Å². The fraction of sp³-hybridized carbons (Fsp3) is 0.133. The second kappa shape index (κ2) is 5.49. The second-order valence-corrected chi connectivity index (χ2v) is 5.81. The summed E-state index contributed by atoms with van der Waals surface area (Å²) in [6.07, 6.45) is 0. The largest absolute Gasteiger partial charge is 0.489 e. The zero-order valence-electron chi connectivity index (χ0n) is 11.3. The first-order valence-corrected chi connectivity index (χ1v) is 7.17. The molecule has 0 unspecified atom stereocenters. The number of nitrogens with zero attached hydrogens (tertiary/aromatic N) is 2. The molecule has 5 nitrogen and oxygen atoms in total. The number of benzene rings is 2. The summed E-state index contributed by atoms with van der Waals surface area (Å²) in [6, 6.07) is 12.1. The minimum atomic E-state index is -0.412. The van der Waals surface area contributed by atoms with Crippen LogP contribution in [-0.2, 0) is 6.61 Å². The average Bonchev–Trinajstić information content (AvgIpc) is 2.84. The van der Waals surface area contributed by atoms with Crippen molar-refractivity contribution in [3.63, 3.8) is 0 Å². The van der Waals surface area contributed by atoms with E-state index in [0.29, 0.717) is 6.61 Å². The molecule has 0 N–H and O–H groups in total. The van der Waals surface area contributed by atoms with E-state index < -0.39 is 4.92 Å². The maximum Gasteiger partial charge on any atom is 0.269 e. The van der Waals surface area contributed by atoms with E-state index in [1.165, 1.54) is 12.1 Å². The number of nitro benzene ring substituents is 1. The minimum absolute atomic E-state index is 0.0836. The Kier molecular flexibility index (Phi) is 3.53. The second-order valence-electron chi connectivity index (χ2n) is 4.57. The highest BCUT2D eigenvalue weighted by atomic mass is 32.1. The number of aryl methyl sites for hydroxylation is 1. The number of non-ortho nitro benzene ring substituents is 1. The van der Waals surface area contributed by atoms with Crippen LogP contribution in [0.25, 0.3) is 10.2 Å². The summed E-state index contributed by atoms with van der Waals surface area (Å²) in [5.74, 6) is 0.768. The molecular formula is C15H12N2O3S. The van der Waals surface area contributed by atoms with Crippen LogP contribution in [0, 0.1) is 17.0 Å². The quantitative estimate of drug-likeness (QED) is 0.537. The summed E-state index contributed by atoms with van der Waals surface area (Å²) < 4.78 is 6.81. The molecule has 3 aromatic rings. The lowest BCUT2D eigenvalue weighted by atomic mass is 10.2. The molecule has 0 amide bonds. The van der Waals surface area contributed by atoms with Crippen LogP contribution in [0.3, 0.4) is 0 Å². The van der Waals surface area contributed by atoms with Gasteiger partial charge in [0.15, 0.2) is 0 Å². The highest BCUT2D eigenvalue weighted by Gasteiger charge is 2.05. The Morgan fingerprint density at radius 1 is 1.24 bits per heavy atom. The Labute approximate surface area is 125 Å². The summed E-state index contributed by atoms with van der Waals surface area (Å²) in [5, 5.41) is 11.6. The minimum Gasteiger partial charge on any atom is -0.489 e. The van der Waals surface area contributed by atoms with Crippen LogP contribution in [0.1, 0.15) is 10.6 Å². The molecule has 0 aliphatic heterocycles. The summed E-state index contributed by atoms with van der Waals surface area (Å²) in [6.45, 7) is 2.35. The molecule has 2 aromatic carbocycles. The summed E-state index contributed by atoms with van der Waals surface area (Å²) in [4.78, 5) is 14.6. The Balaban J connectivity index is 1.71. The van der Waals surface area contributed by atoms with Crippen molar-refractivity contribution < 1.29 is 9.66 Å². The van der Waals surface area contributed by atoms with Gasteiger partial charge in [0.2, 0.25) is 0 Å². The van der Waals surface area contributed by atoms with Crippen molar-refractivity contribution >= 4 is 27.2 Å². The fourth-order valence-electron chi connectivity index (χ4n) is 1.99. The molecule has 0 radical (unpaired) electrons. The number of hydrogen-bond acceptors (Lipinski definition) is 5. The number of rotatable bonds is 4. The lowest BCUT2D eigenvalue weighted by Gasteiger charge is -2.06. The maximum absolute atomic E-state index is 10.6. The molecular weight excluding hydrogens is 288 g/mol. The van der Waals surface area contributed by atoms with E-state index in [1.54, 1.807) is 23.5 Å². The predicted octanol–water partition coefficient (Wildman–Crippen LogP) is 4.09. The normalized spacial score (nSPS) is 10.7. The van der Waals surface area contributed by atoms with Crippen LogP contribution in [0.2, 0.25) is 0 Å². The molecule has 0 bridgehead atoms. The van der Waals surface area contributed by atoms with Gasteiger partial charge >= 0.3 is 0 Å². The van der Waals surface area contributed by atoms with Gasteiger partial charge in [0, 0.05) is 12.1 Å². The smallest absolute Gasteiger partial charge is 0.269 e. The van der Waals surface area contributed by atoms with Crippen molar-refractivity contribution in [3.8, 4) is 5.75 Å². The first kappa shape index (κ1) is 13.5. The molecule has 21 heavy (non-hydrogen) atoms. The molecule has 0 saturated heterocycles. The lowest BCUT2D eigenvalue weighted by molar-refractivity contribution is -0.384. The van der Waals surface area contributed by atoms with Gasteiger partial charge in [-0.3, -0.25) is 10.1 Å². The molecule has 0 aliphatic carbocycles. The Morgan fingerprint density at radius 2 is 2.00 bits per heavy atom. The number of hydrogen-bond donors (Lipinski definition) is 0. The third kappa shape index (κ3) is 3.00. The van der Waals surface area contributed by atoms with Crippen molar-refractivity contribution in [1.29, 1.82) is 0 Å². The van der Waals surface area contributed by atoms with Crippen LogP contribution >= 0.6 is 11.3 Å². The highest BCUT2D eigenvalue weighted by molar-refractivity contribution is 7.18. The van der Waals surface area contributed by atoms with Crippen molar-refractivity contribution in [2.45, 2.75) is 13.5 Å². The van der Waals surface area contributed by atoms with E-state index >= 15 is 0 Å². The number of nitro groups is 1. The Bertz CT molecular complexity index is 796. The average molecular weight is 300 g/mol. The summed E-state index contributed by atoms with van der Waals surface area (Å²) in [7, 11) is 0. The maximum atomic E-state index is 10.6. The zero-order valence-corrected chi connectivity index (χ0v) is 12.1. The van der Waals surface area contributed by atoms with E-state index in [4.69, 9.17) is 4.74 Å². The standard InChI is InChI=1S/C15H12N2O3S/c1-10-16-14-7-6-13(8-15(14)21-10)20-9-11-2-4-12(5-3-11)17(18)19/h2-8H,9H2,1H3. The Morgan fingerprint density at radius 3 is 2.71 bits per heavy atom. The SMILES string of the molecule is Cc1nc2ccc(OCc3ccc([N+](=O)[O-])cc3)cc2s1. The zero-order chi connectivity index (χ0) is 14.8. The fourth-order valence-corrected chi connectivity index (χ4v) is 2.85. The van der Waals surface area contributed by atoms with Crippen LogP contribution < -0.4 is 4.74 Å². The third-order valence-corrected chi connectivity index (χ3v) is 3.95. The van der Waals surface area contributed by atoms with E-state index in [-0.39, 0.29) is 5.69 Å². The monoisotopic (exact) mass is 300 g/mol. The van der Waals surface area contributed by atoms with Gasteiger partial charge in [0.25, 0.3) is 5.69 Å². The van der Waals surface area contributed by atoms with Crippen molar-refractivity contribution in [3.05, 3.63) is 63.1 Å². The summed E-state index contributed by atoms with van der Waals surface area (Å²) >= 11 is 1.63. The molecule has 0 saturated carbocycles. The van der Waals surface area contributed by atoms with Crippen LogP contribution in [0.5, 0.6) is 5.75 Å². The first-order chi connectivity index (χ1) is 10.1. The molecule has 1 heterocycles. The van der Waals surface area contributed by atoms with Crippen molar-refractivity contribution in [1.82, 2.24) is 4.98 Å². The molecule has 0 fully saturated rings. The molecule has 6 heteroatoms. The van der Waals surface area contributed by atoms with Crippen molar-refractivity contribution in [2.24, 2.45) is 0 Å². The predicted molar refractivity (Wildman–Crippen MR) is 81.8 cm³/mol. The summed E-state index contributed by atoms with van der Waals surface area (Å²) in [5.41, 5.74) is 1.95. The van der Waals surface area contributed by atoms with Crippen LogP contribution in [-0.4, -0.2) is 9.91 Å². The van der Waals surface area contributed by atoms with E-state index in [2.05, 4.69) is 4.98 Å². The first-order valence-electron chi connectivity index (χ1n) is 6.35. The highest BCUT2D eigenvalue weighted by Crippen LogP contribution is 2.26. The van der Waals surface area contributed by atoms with Gasteiger partial charge in [-0.05, 0) is 42.8 Å². The van der Waals surface area contributed by atoms with Gasteiger partial charge in [-0.2, -0.15) is 0 Å². The number of thiazole rings is 1. The van der Waals surface area contributed by atoms with E-state index in [9.17, 15) is 10.1 Å². The van der Waals surface area contributed by atoms with E-state index in [0.717, 1.165) is 26.5 Å². The topological polar surface area (TPSA) is 65.3 Å².